The van der Waals surface area contributed by atoms with Crippen molar-refractivity contribution < 1.29 is 9.26 Å². The molecule has 0 saturated carbocycles. The predicted octanol–water partition coefficient (Wildman–Crippen LogP) is 3.40. The van der Waals surface area contributed by atoms with Gasteiger partial charge in [0.1, 0.15) is 5.75 Å². The van der Waals surface area contributed by atoms with E-state index >= 15 is 0 Å². The fraction of sp³-hybridized carbons (Fsp3) is 0.167. The van der Waals surface area contributed by atoms with Crippen molar-refractivity contribution in [3.05, 3.63) is 60.5 Å². The van der Waals surface area contributed by atoms with Gasteiger partial charge >= 0.3 is 0 Å². The summed E-state index contributed by atoms with van der Waals surface area (Å²) >= 11 is 1.42. The highest BCUT2D eigenvalue weighted by atomic mass is 32.2. The fourth-order valence-corrected chi connectivity index (χ4v) is 3.21. The molecule has 8 nitrogen and oxygen atoms in total. The molecular formula is C18H16N6O2S. The average molecular weight is 380 g/mol. The first-order valence-electron chi connectivity index (χ1n) is 8.36. The molecule has 0 radical (unpaired) electrons. The number of aromatic nitrogens is 6. The lowest BCUT2D eigenvalue weighted by atomic mass is 10.2. The zero-order valence-corrected chi connectivity index (χ0v) is 15.3. The summed E-state index contributed by atoms with van der Waals surface area (Å²) in [5, 5.41) is 16.6. The molecule has 0 aliphatic heterocycles. The van der Waals surface area contributed by atoms with E-state index in [4.69, 9.17) is 9.26 Å². The smallest absolute Gasteiger partial charge is 0.237 e. The second-order valence-electron chi connectivity index (χ2n) is 5.44. The Morgan fingerprint density at radius 2 is 1.89 bits per heavy atom. The molecule has 136 valence electrons. The normalized spacial score (nSPS) is 10.9. The molecule has 0 spiro atoms. The summed E-state index contributed by atoms with van der Waals surface area (Å²) < 4.78 is 12.7. The molecule has 27 heavy (non-hydrogen) atoms. The Labute approximate surface area is 159 Å². The molecule has 0 bridgehead atoms. The van der Waals surface area contributed by atoms with Crippen LogP contribution in [0.1, 0.15) is 12.8 Å². The quantitative estimate of drug-likeness (QED) is 0.451. The van der Waals surface area contributed by atoms with Crippen molar-refractivity contribution in [3.8, 4) is 22.8 Å². The fourth-order valence-electron chi connectivity index (χ4n) is 2.48. The predicted molar refractivity (Wildman–Crippen MR) is 99.6 cm³/mol. The molecule has 0 atom stereocenters. The summed E-state index contributed by atoms with van der Waals surface area (Å²) in [6, 6.07) is 17.3. The summed E-state index contributed by atoms with van der Waals surface area (Å²) in [5.41, 5.74) is 1.69. The van der Waals surface area contributed by atoms with Gasteiger partial charge in [-0.1, -0.05) is 47.3 Å². The van der Waals surface area contributed by atoms with Gasteiger partial charge in [-0.2, -0.15) is 9.67 Å². The Balaban J connectivity index is 1.50. The standard InChI is InChI=1S/C18H16N6O2S/c1-2-25-15-11-7-6-10-14(15)17-19-16(26-21-17)12-27-18-20-22-23-24(18)13-8-4-3-5-9-13/h3-11H,2,12H2,1H3. The highest BCUT2D eigenvalue weighted by Gasteiger charge is 2.15. The van der Waals surface area contributed by atoms with Gasteiger partial charge in [0.05, 0.1) is 23.6 Å². The van der Waals surface area contributed by atoms with Gasteiger partial charge < -0.3 is 9.26 Å². The minimum atomic E-state index is 0.455. The molecule has 0 N–H and O–H groups in total. The first kappa shape index (κ1) is 17.2. The minimum absolute atomic E-state index is 0.455. The monoisotopic (exact) mass is 380 g/mol. The van der Waals surface area contributed by atoms with Gasteiger partial charge in [0.25, 0.3) is 0 Å². The van der Waals surface area contributed by atoms with Crippen LogP contribution in [0.2, 0.25) is 0 Å². The highest BCUT2D eigenvalue weighted by molar-refractivity contribution is 7.98. The van der Waals surface area contributed by atoms with Gasteiger partial charge in [-0.3, -0.25) is 0 Å². The molecule has 0 saturated heterocycles. The van der Waals surface area contributed by atoms with Crippen molar-refractivity contribution in [2.75, 3.05) is 6.61 Å². The third-order valence-corrected chi connectivity index (χ3v) is 4.57. The SMILES string of the molecule is CCOc1ccccc1-c1noc(CSc2nnnn2-c2ccccc2)n1. The van der Waals surface area contributed by atoms with Crippen LogP contribution in [0.15, 0.2) is 64.3 Å². The molecule has 0 aliphatic carbocycles. The molecule has 0 fully saturated rings. The van der Waals surface area contributed by atoms with E-state index in [0.717, 1.165) is 17.0 Å². The molecule has 9 heteroatoms. The van der Waals surface area contributed by atoms with Gasteiger partial charge in [-0.15, -0.1) is 5.10 Å². The number of thioether (sulfide) groups is 1. The lowest BCUT2D eigenvalue weighted by molar-refractivity contribution is 0.341. The largest absolute Gasteiger partial charge is 0.493 e. The van der Waals surface area contributed by atoms with Crippen LogP contribution in [0, 0.1) is 0 Å². The molecule has 0 aliphatic rings. The van der Waals surface area contributed by atoms with Crippen molar-refractivity contribution in [1.82, 2.24) is 30.3 Å². The van der Waals surface area contributed by atoms with Crippen LogP contribution in [0.3, 0.4) is 0 Å². The second-order valence-corrected chi connectivity index (χ2v) is 6.38. The van der Waals surface area contributed by atoms with E-state index in [1.165, 1.54) is 11.8 Å². The molecule has 4 rings (SSSR count). The number of hydrogen-bond donors (Lipinski definition) is 0. The zero-order chi connectivity index (χ0) is 18.5. The first-order chi connectivity index (χ1) is 13.3. The third kappa shape index (κ3) is 3.82. The Morgan fingerprint density at radius 3 is 2.74 bits per heavy atom. The van der Waals surface area contributed by atoms with E-state index in [0.29, 0.717) is 29.2 Å². The van der Waals surface area contributed by atoms with Crippen LogP contribution >= 0.6 is 11.8 Å². The molecular weight excluding hydrogens is 364 g/mol. The molecule has 0 amide bonds. The maximum Gasteiger partial charge on any atom is 0.237 e. The van der Waals surface area contributed by atoms with Crippen LogP contribution in [0.4, 0.5) is 0 Å². The lowest BCUT2D eigenvalue weighted by Gasteiger charge is -2.06. The van der Waals surface area contributed by atoms with Crippen LogP contribution in [-0.4, -0.2) is 37.0 Å². The second kappa shape index (κ2) is 8.00. The van der Waals surface area contributed by atoms with Crippen molar-refractivity contribution in [2.45, 2.75) is 17.8 Å². The Morgan fingerprint density at radius 1 is 1.07 bits per heavy atom. The van der Waals surface area contributed by atoms with Crippen molar-refractivity contribution in [1.29, 1.82) is 0 Å². The van der Waals surface area contributed by atoms with Crippen molar-refractivity contribution >= 4 is 11.8 Å². The summed E-state index contributed by atoms with van der Waals surface area (Å²) in [6.07, 6.45) is 0. The molecule has 4 aromatic rings. The molecule has 2 heterocycles. The van der Waals surface area contributed by atoms with Crippen LogP contribution in [0.25, 0.3) is 17.1 Å². The molecule has 2 aromatic heterocycles. The van der Waals surface area contributed by atoms with Crippen LogP contribution in [0.5, 0.6) is 5.75 Å². The van der Waals surface area contributed by atoms with E-state index in [-0.39, 0.29) is 0 Å². The first-order valence-corrected chi connectivity index (χ1v) is 9.35. The lowest BCUT2D eigenvalue weighted by Crippen LogP contribution is -1.98. The molecule has 2 aromatic carbocycles. The maximum absolute atomic E-state index is 5.63. The minimum Gasteiger partial charge on any atom is -0.493 e. The molecule has 0 unspecified atom stereocenters. The van der Waals surface area contributed by atoms with Gasteiger partial charge in [0.2, 0.25) is 16.9 Å². The van der Waals surface area contributed by atoms with E-state index in [9.17, 15) is 0 Å². The number of para-hydroxylation sites is 2. The van der Waals surface area contributed by atoms with Gasteiger partial charge in [0.15, 0.2) is 0 Å². The van der Waals surface area contributed by atoms with Crippen molar-refractivity contribution in [2.24, 2.45) is 0 Å². The summed E-state index contributed by atoms with van der Waals surface area (Å²) in [7, 11) is 0. The van der Waals surface area contributed by atoms with Gasteiger partial charge in [0, 0.05) is 0 Å². The third-order valence-electron chi connectivity index (χ3n) is 3.66. The van der Waals surface area contributed by atoms with E-state index in [1.807, 2.05) is 61.5 Å². The summed E-state index contributed by atoms with van der Waals surface area (Å²) in [5.74, 6) is 2.17. The highest BCUT2D eigenvalue weighted by Crippen LogP contribution is 2.29. The number of benzene rings is 2. The summed E-state index contributed by atoms with van der Waals surface area (Å²) in [6.45, 7) is 2.51. The van der Waals surface area contributed by atoms with E-state index in [2.05, 4.69) is 25.7 Å². The number of nitrogens with zero attached hydrogens (tertiary/aromatic N) is 6. The Hall–Kier alpha value is -3.20. The van der Waals surface area contributed by atoms with Crippen LogP contribution < -0.4 is 4.74 Å². The van der Waals surface area contributed by atoms with E-state index in [1.54, 1.807) is 4.68 Å². The van der Waals surface area contributed by atoms with Gasteiger partial charge in [-0.05, 0) is 41.6 Å². The topological polar surface area (TPSA) is 91.8 Å². The van der Waals surface area contributed by atoms with Crippen LogP contribution in [-0.2, 0) is 5.75 Å². The number of rotatable bonds is 7. The van der Waals surface area contributed by atoms with E-state index < -0.39 is 0 Å². The Bertz CT molecular complexity index is 1020. The zero-order valence-electron chi connectivity index (χ0n) is 14.5. The average Bonchev–Trinajstić information content (AvgIpc) is 3.37. The number of ether oxygens (including phenoxy) is 1. The number of hydrogen-bond acceptors (Lipinski definition) is 8. The van der Waals surface area contributed by atoms with Gasteiger partial charge in [-0.25, -0.2) is 0 Å². The number of tetrazole rings is 1. The Kier molecular flexibility index (Phi) is 5.10. The summed E-state index contributed by atoms with van der Waals surface area (Å²) in [4.78, 5) is 4.47. The van der Waals surface area contributed by atoms with Crippen molar-refractivity contribution in [3.63, 3.8) is 0 Å². The maximum atomic E-state index is 5.63.